The largest absolute Gasteiger partial charge is 0.452 e. The average molecular weight is 332 g/mol. The van der Waals surface area contributed by atoms with Gasteiger partial charge in [0.2, 0.25) is 0 Å². The molecule has 0 radical (unpaired) electrons. The van der Waals surface area contributed by atoms with E-state index in [-0.39, 0.29) is 12.5 Å². The highest BCUT2D eigenvalue weighted by molar-refractivity contribution is 6.30. The minimum atomic E-state index is -0.496. The molecule has 0 unspecified atom stereocenters. The van der Waals surface area contributed by atoms with Crippen LogP contribution in [0.25, 0.3) is 0 Å². The summed E-state index contributed by atoms with van der Waals surface area (Å²) < 4.78 is 5.06. The molecule has 0 aliphatic heterocycles. The van der Waals surface area contributed by atoms with Gasteiger partial charge in [0.25, 0.3) is 5.91 Å². The number of halogens is 1. The van der Waals surface area contributed by atoms with Crippen LogP contribution in [0.2, 0.25) is 5.02 Å². The maximum Gasteiger partial charge on any atom is 0.338 e. The van der Waals surface area contributed by atoms with Gasteiger partial charge in [0, 0.05) is 11.6 Å². The van der Waals surface area contributed by atoms with Crippen molar-refractivity contribution in [3.63, 3.8) is 0 Å². The molecule has 23 heavy (non-hydrogen) atoms. The molecule has 2 aromatic rings. The first-order chi connectivity index (χ1) is 11.0. The number of carbonyl (C=O) groups is 2. The van der Waals surface area contributed by atoms with E-state index in [1.165, 1.54) is 0 Å². The van der Waals surface area contributed by atoms with Crippen LogP contribution in [0, 0.1) is 13.8 Å². The fourth-order valence-corrected chi connectivity index (χ4v) is 2.28. The molecule has 0 saturated heterocycles. The van der Waals surface area contributed by atoms with E-state index in [0.717, 1.165) is 16.7 Å². The first-order valence-electron chi connectivity index (χ1n) is 7.21. The number of esters is 1. The minimum Gasteiger partial charge on any atom is -0.452 e. The van der Waals surface area contributed by atoms with Gasteiger partial charge in [0.1, 0.15) is 0 Å². The molecule has 120 valence electrons. The van der Waals surface area contributed by atoms with E-state index < -0.39 is 5.97 Å². The van der Waals surface area contributed by atoms with Gasteiger partial charge in [-0.05, 0) is 43.2 Å². The smallest absolute Gasteiger partial charge is 0.338 e. The van der Waals surface area contributed by atoms with Gasteiger partial charge in [-0.3, -0.25) is 4.79 Å². The third kappa shape index (κ3) is 5.11. The summed E-state index contributed by atoms with van der Waals surface area (Å²) >= 11 is 5.88. The fourth-order valence-electron chi connectivity index (χ4n) is 2.06. The van der Waals surface area contributed by atoms with Gasteiger partial charge in [-0.2, -0.15) is 0 Å². The summed E-state index contributed by atoms with van der Waals surface area (Å²) in [7, 11) is 0. The van der Waals surface area contributed by atoms with Crippen LogP contribution >= 0.6 is 11.6 Å². The van der Waals surface area contributed by atoms with Gasteiger partial charge in [-0.25, -0.2) is 4.79 Å². The lowest BCUT2D eigenvalue weighted by Crippen LogP contribution is -2.28. The zero-order valence-corrected chi connectivity index (χ0v) is 13.8. The third-order valence-electron chi connectivity index (χ3n) is 3.33. The van der Waals surface area contributed by atoms with Crippen molar-refractivity contribution in [2.75, 3.05) is 6.61 Å². The summed E-state index contributed by atoms with van der Waals surface area (Å²) in [5.41, 5.74) is 3.15. The average Bonchev–Trinajstić information content (AvgIpc) is 2.53. The quantitative estimate of drug-likeness (QED) is 0.854. The standard InChI is InChI=1S/C18H18ClNO3/c1-12-6-7-13(2)16(8-12)18(22)23-11-17(21)20-10-14-4-3-5-15(19)9-14/h3-9H,10-11H2,1-2H3,(H,20,21). The summed E-state index contributed by atoms with van der Waals surface area (Å²) in [5.74, 6) is -0.854. The van der Waals surface area contributed by atoms with Crippen LogP contribution in [-0.4, -0.2) is 18.5 Å². The lowest BCUT2D eigenvalue weighted by Gasteiger charge is -2.09. The van der Waals surface area contributed by atoms with Gasteiger partial charge >= 0.3 is 5.97 Å². The molecular formula is C18H18ClNO3. The molecule has 0 aromatic heterocycles. The van der Waals surface area contributed by atoms with Crippen molar-refractivity contribution < 1.29 is 14.3 Å². The topological polar surface area (TPSA) is 55.4 Å². The van der Waals surface area contributed by atoms with Gasteiger partial charge in [0.05, 0.1) is 5.56 Å². The SMILES string of the molecule is Cc1ccc(C)c(C(=O)OCC(=O)NCc2cccc(Cl)c2)c1. The first-order valence-corrected chi connectivity index (χ1v) is 7.59. The van der Waals surface area contributed by atoms with E-state index in [2.05, 4.69) is 5.32 Å². The van der Waals surface area contributed by atoms with Crippen LogP contribution < -0.4 is 5.32 Å². The lowest BCUT2D eigenvalue weighted by molar-refractivity contribution is -0.124. The highest BCUT2D eigenvalue weighted by atomic mass is 35.5. The van der Waals surface area contributed by atoms with Crippen LogP contribution in [0.5, 0.6) is 0 Å². The van der Waals surface area contributed by atoms with Gasteiger partial charge < -0.3 is 10.1 Å². The Morgan fingerprint density at radius 1 is 1.13 bits per heavy atom. The minimum absolute atomic E-state index is 0.313. The zero-order chi connectivity index (χ0) is 16.8. The van der Waals surface area contributed by atoms with Crippen molar-refractivity contribution in [2.45, 2.75) is 20.4 Å². The molecule has 0 aliphatic rings. The number of benzene rings is 2. The van der Waals surface area contributed by atoms with Crippen LogP contribution in [0.4, 0.5) is 0 Å². The Kier molecular flexibility index (Phi) is 5.77. The highest BCUT2D eigenvalue weighted by Crippen LogP contribution is 2.12. The van der Waals surface area contributed by atoms with E-state index in [4.69, 9.17) is 16.3 Å². The fraction of sp³-hybridized carbons (Fsp3) is 0.222. The number of rotatable bonds is 5. The summed E-state index contributed by atoms with van der Waals surface area (Å²) in [6.45, 7) is 3.75. The van der Waals surface area contributed by atoms with Crippen LogP contribution in [0.15, 0.2) is 42.5 Å². The molecule has 2 rings (SSSR count). The van der Waals surface area contributed by atoms with Gasteiger partial charge in [0.15, 0.2) is 6.61 Å². The van der Waals surface area contributed by atoms with Gasteiger partial charge in [-0.15, -0.1) is 0 Å². The second kappa shape index (κ2) is 7.79. The van der Waals surface area contributed by atoms with Gasteiger partial charge in [-0.1, -0.05) is 41.4 Å². The lowest BCUT2D eigenvalue weighted by atomic mass is 10.1. The number of nitrogens with one attached hydrogen (secondary N) is 1. The summed E-state index contributed by atoms with van der Waals surface area (Å²) in [4.78, 5) is 23.8. The normalized spacial score (nSPS) is 10.2. The maximum atomic E-state index is 12.0. The maximum absolute atomic E-state index is 12.0. The molecular weight excluding hydrogens is 314 g/mol. The predicted octanol–water partition coefficient (Wildman–Crippen LogP) is 3.43. The molecule has 4 nitrogen and oxygen atoms in total. The van der Waals surface area contributed by atoms with Crippen molar-refractivity contribution >= 4 is 23.5 Å². The van der Waals surface area contributed by atoms with E-state index in [1.807, 2.05) is 38.1 Å². The molecule has 0 bridgehead atoms. The van der Waals surface area contributed by atoms with E-state index >= 15 is 0 Å². The van der Waals surface area contributed by atoms with E-state index in [0.29, 0.717) is 17.1 Å². The first kappa shape index (κ1) is 17.0. The van der Waals surface area contributed by atoms with Crippen LogP contribution in [0.3, 0.4) is 0 Å². The summed E-state index contributed by atoms with van der Waals surface area (Å²) in [5, 5.41) is 3.29. The molecule has 0 spiro atoms. The Morgan fingerprint density at radius 2 is 1.91 bits per heavy atom. The number of hydrogen-bond acceptors (Lipinski definition) is 3. The van der Waals surface area contributed by atoms with Crippen molar-refractivity contribution in [1.82, 2.24) is 5.32 Å². The highest BCUT2D eigenvalue weighted by Gasteiger charge is 2.12. The molecule has 1 amide bonds. The molecule has 5 heteroatoms. The van der Waals surface area contributed by atoms with Crippen molar-refractivity contribution in [3.8, 4) is 0 Å². The summed E-state index contributed by atoms with van der Waals surface area (Å²) in [6, 6.07) is 12.7. The second-order valence-electron chi connectivity index (χ2n) is 5.30. The molecule has 0 fully saturated rings. The number of ether oxygens (including phenoxy) is 1. The second-order valence-corrected chi connectivity index (χ2v) is 5.74. The number of hydrogen-bond donors (Lipinski definition) is 1. The molecule has 0 atom stereocenters. The number of amides is 1. The Labute approximate surface area is 140 Å². The Balaban J connectivity index is 1.84. The van der Waals surface area contributed by atoms with Crippen molar-refractivity contribution in [2.24, 2.45) is 0 Å². The molecule has 0 heterocycles. The van der Waals surface area contributed by atoms with Crippen molar-refractivity contribution in [1.29, 1.82) is 0 Å². The third-order valence-corrected chi connectivity index (χ3v) is 3.56. The zero-order valence-electron chi connectivity index (χ0n) is 13.1. The molecule has 0 saturated carbocycles. The monoisotopic (exact) mass is 331 g/mol. The Morgan fingerprint density at radius 3 is 2.65 bits per heavy atom. The predicted molar refractivity (Wildman–Crippen MR) is 89.5 cm³/mol. The Bertz CT molecular complexity index is 728. The van der Waals surface area contributed by atoms with Crippen molar-refractivity contribution in [3.05, 3.63) is 69.7 Å². The molecule has 0 aliphatic carbocycles. The van der Waals surface area contributed by atoms with Crippen LogP contribution in [0.1, 0.15) is 27.0 Å². The van der Waals surface area contributed by atoms with E-state index in [9.17, 15) is 9.59 Å². The number of carbonyl (C=O) groups excluding carboxylic acids is 2. The Hall–Kier alpha value is -2.33. The molecule has 1 N–H and O–H groups in total. The summed E-state index contributed by atoms with van der Waals surface area (Å²) in [6.07, 6.45) is 0. The van der Waals surface area contributed by atoms with Crippen LogP contribution in [-0.2, 0) is 16.1 Å². The number of aryl methyl sites for hydroxylation is 2. The van der Waals surface area contributed by atoms with E-state index in [1.54, 1.807) is 18.2 Å². The molecule has 2 aromatic carbocycles.